The van der Waals surface area contributed by atoms with Crippen molar-refractivity contribution >= 4 is 22.8 Å². The summed E-state index contributed by atoms with van der Waals surface area (Å²) in [6, 6.07) is 14.2. The minimum absolute atomic E-state index is 0.176. The molecule has 0 aliphatic heterocycles. The standard InChI is InChI=1S/C25H30N2O4/c1-4-30-24(29)11-8-12-31-20-13-17(2)25-22(14-20)21(15-23(26)28)18(3)27(25)16-19-9-6-5-7-10-19/h5-7,9-10,13-14H,4,8,11-12,15-16H2,1-3H3,(H2,26,28). The van der Waals surface area contributed by atoms with Crippen LogP contribution in [-0.2, 0) is 27.3 Å². The zero-order chi connectivity index (χ0) is 22.4. The van der Waals surface area contributed by atoms with E-state index in [1.54, 1.807) is 6.92 Å². The van der Waals surface area contributed by atoms with Crippen molar-refractivity contribution in [2.75, 3.05) is 13.2 Å². The van der Waals surface area contributed by atoms with Crippen molar-refractivity contribution in [3.05, 3.63) is 64.8 Å². The first-order chi connectivity index (χ1) is 14.9. The number of aryl methyl sites for hydroxylation is 1. The largest absolute Gasteiger partial charge is 0.494 e. The lowest BCUT2D eigenvalue weighted by atomic mass is 10.0. The normalized spacial score (nSPS) is 10.9. The molecule has 1 amide bonds. The van der Waals surface area contributed by atoms with Crippen LogP contribution in [0, 0.1) is 13.8 Å². The Morgan fingerprint density at radius 2 is 1.84 bits per heavy atom. The van der Waals surface area contributed by atoms with Gasteiger partial charge in [-0.1, -0.05) is 30.3 Å². The maximum atomic E-state index is 11.8. The van der Waals surface area contributed by atoms with E-state index in [2.05, 4.69) is 16.7 Å². The summed E-state index contributed by atoms with van der Waals surface area (Å²) in [6.07, 6.45) is 1.09. The molecule has 0 fully saturated rings. The Morgan fingerprint density at radius 1 is 1.10 bits per heavy atom. The summed E-state index contributed by atoms with van der Waals surface area (Å²) in [4.78, 5) is 23.3. The van der Waals surface area contributed by atoms with Gasteiger partial charge in [-0.3, -0.25) is 9.59 Å². The van der Waals surface area contributed by atoms with Crippen molar-refractivity contribution < 1.29 is 19.1 Å². The molecule has 0 atom stereocenters. The Balaban J connectivity index is 1.91. The predicted molar refractivity (Wildman–Crippen MR) is 121 cm³/mol. The van der Waals surface area contributed by atoms with Crippen molar-refractivity contribution in [3.8, 4) is 5.75 Å². The van der Waals surface area contributed by atoms with E-state index in [0.29, 0.717) is 32.6 Å². The van der Waals surface area contributed by atoms with E-state index in [4.69, 9.17) is 15.2 Å². The average Bonchev–Trinajstić information content (AvgIpc) is 2.98. The van der Waals surface area contributed by atoms with Gasteiger partial charge in [0.25, 0.3) is 0 Å². The van der Waals surface area contributed by atoms with Crippen LogP contribution < -0.4 is 10.5 Å². The van der Waals surface area contributed by atoms with Crippen LogP contribution >= 0.6 is 0 Å². The molecule has 0 radical (unpaired) electrons. The summed E-state index contributed by atoms with van der Waals surface area (Å²) in [7, 11) is 0. The quantitative estimate of drug-likeness (QED) is 0.395. The number of hydrogen-bond donors (Lipinski definition) is 1. The second kappa shape index (κ2) is 10.2. The Morgan fingerprint density at radius 3 is 2.52 bits per heavy atom. The number of nitrogens with zero attached hydrogens (tertiary/aromatic N) is 1. The number of hydrogen-bond acceptors (Lipinski definition) is 4. The number of amides is 1. The van der Waals surface area contributed by atoms with Crippen LogP contribution in [-0.4, -0.2) is 29.7 Å². The third kappa shape index (κ3) is 5.45. The highest BCUT2D eigenvalue weighted by molar-refractivity contribution is 5.93. The number of esters is 1. The number of carbonyl (C=O) groups is 2. The predicted octanol–water partition coefficient (Wildman–Crippen LogP) is 4.06. The number of ether oxygens (including phenoxy) is 2. The number of fused-ring (bicyclic) bond motifs is 1. The number of primary amides is 1. The SMILES string of the molecule is CCOC(=O)CCCOc1cc(C)c2c(c1)c(CC(N)=O)c(C)n2Cc1ccccc1. The van der Waals surface area contributed by atoms with E-state index >= 15 is 0 Å². The van der Waals surface area contributed by atoms with E-state index in [1.165, 1.54) is 5.56 Å². The van der Waals surface area contributed by atoms with Gasteiger partial charge >= 0.3 is 5.97 Å². The number of carbonyl (C=O) groups excluding carboxylic acids is 2. The fourth-order valence-corrected chi connectivity index (χ4v) is 3.94. The second-order valence-electron chi connectivity index (χ2n) is 7.67. The first-order valence-corrected chi connectivity index (χ1v) is 10.6. The second-order valence-corrected chi connectivity index (χ2v) is 7.67. The van der Waals surface area contributed by atoms with Crippen LogP contribution in [0.25, 0.3) is 10.9 Å². The molecule has 0 spiro atoms. The topological polar surface area (TPSA) is 83.6 Å². The highest BCUT2D eigenvalue weighted by atomic mass is 16.5. The van der Waals surface area contributed by atoms with Gasteiger partial charge in [-0.15, -0.1) is 0 Å². The van der Waals surface area contributed by atoms with Gasteiger partial charge in [0, 0.05) is 24.0 Å². The molecule has 2 N–H and O–H groups in total. The Hall–Kier alpha value is -3.28. The molecular formula is C25H30N2O4. The first kappa shape index (κ1) is 22.4. The molecule has 0 aliphatic carbocycles. The van der Waals surface area contributed by atoms with E-state index in [9.17, 15) is 9.59 Å². The van der Waals surface area contributed by atoms with Crippen LogP contribution in [0.1, 0.15) is 42.1 Å². The molecule has 6 nitrogen and oxygen atoms in total. The van der Waals surface area contributed by atoms with E-state index < -0.39 is 0 Å². The van der Waals surface area contributed by atoms with Crippen LogP contribution in [0.3, 0.4) is 0 Å². The summed E-state index contributed by atoms with van der Waals surface area (Å²) in [6.45, 7) is 7.38. The lowest BCUT2D eigenvalue weighted by Crippen LogP contribution is -2.14. The van der Waals surface area contributed by atoms with Crippen LogP contribution in [0.2, 0.25) is 0 Å². The molecule has 3 rings (SSSR count). The van der Waals surface area contributed by atoms with E-state index in [1.807, 2.05) is 44.2 Å². The number of benzene rings is 2. The van der Waals surface area contributed by atoms with Gasteiger partial charge in [-0.25, -0.2) is 0 Å². The molecule has 2 aromatic carbocycles. The molecule has 0 aliphatic rings. The Labute approximate surface area is 182 Å². The third-order valence-electron chi connectivity index (χ3n) is 5.34. The molecule has 164 valence electrons. The summed E-state index contributed by atoms with van der Waals surface area (Å²) in [5, 5.41) is 0.979. The monoisotopic (exact) mass is 422 g/mol. The fourth-order valence-electron chi connectivity index (χ4n) is 3.94. The molecule has 1 aromatic heterocycles. The van der Waals surface area contributed by atoms with Crippen molar-refractivity contribution in [3.63, 3.8) is 0 Å². The van der Waals surface area contributed by atoms with Crippen molar-refractivity contribution in [1.82, 2.24) is 4.57 Å². The summed E-state index contributed by atoms with van der Waals surface area (Å²) in [5.74, 6) is 0.145. The minimum Gasteiger partial charge on any atom is -0.494 e. The molecule has 0 saturated heterocycles. The molecule has 0 saturated carbocycles. The van der Waals surface area contributed by atoms with Gasteiger partial charge in [0.1, 0.15) is 5.75 Å². The number of rotatable bonds is 10. The third-order valence-corrected chi connectivity index (χ3v) is 5.34. The molecule has 1 heterocycles. The summed E-state index contributed by atoms with van der Waals surface area (Å²) >= 11 is 0. The smallest absolute Gasteiger partial charge is 0.305 e. The van der Waals surface area contributed by atoms with Gasteiger partial charge in [-0.05, 0) is 56.0 Å². The molecule has 0 unspecified atom stereocenters. The van der Waals surface area contributed by atoms with Gasteiger partial charge in [0.2, 0.25) is 5.91 Å². The maximum Gasteiger partial charge on any atom is 0.305 e. The fraction of sp³-hybridized carbons (Fsp3) is 0.360. The lowest BCUT2D eigenvalue weighted by Gasteiger charge is -2.12. The zero-order valence-electron chi connectivity index (χ0n) is 18.4. The lowest BCUT2D eigenvalue weighted by molar-refractivity contribution is -0.143. The Bertz CT molecular complexity index is 1070. The summed E-state index contributed by atoms with van der Waals surface area (Å²) < 4.78 is 13.1. The number of nitrogens with two attached hydrogens (primary N) is 1. The number of aromatic nitrogens is 1. The van der Waals surface area contributed by atoms with Crippen LogP contribution in [0.4, 0.5) is 0 Å². The molecular weight excluding hydrogens is 392 g/mol. The maximum absolute atomic E-state index is 11.8. The van der Waals surface area contributed by atoms with E-state index in [0.717, 1.165) is 33.5 Å². The van der Waals surface area contributed by atoms with E-state index in [-0.39, 0.29) is 18.3 Å². The van der Waals surface area contributed by atoms with Crippen LogP contribution in [0.5, 0.6) is 5.75 Å². The van der Waals surface area contributed by atoms with Crippen LogP contribution in [0.15, 0.2) is 42.5 Å². The Kier molecular flexibility index (Phi) is 7.34. The first-order valence-electron chi connectivity index (χ1n) is 10.6. The summed E-state index contributed by atoms with van der Waals surface area (Å²) in [5.41, 5.74) is 10.8. The average molecular weight is 423 g/mol. The van der Waals surface area contributed by atoms with Crippen molar-refractivity contribution in [1.29, 1.82) is 0 Å². The van der Waals surface area contributed by atoms with Crippen molar-refractivity contribution in [2.45, 2.75) is 46.6 Å². The molecule has 3 aromatic rings. The van der Waals surface area contributed by atoms with Crippen molar-refractivity contribution in [2.24, 2.45) is 5.73 Å². The molecule has 6 heteroatoms. The molecule has 31 heavy (non-hydrogen) atoms. The zero-order valence-corrected chi connectivity index (χ0v) is 18.4. The highest BCUT2D eigenvalue weighted by Crippen LogP contribution is 2.33. The van der Waals surface area contributed by atoms with Gasteiger partial charge < -0.3 is 19.8 Å². The van der Waals surface area contributed by atoms with Gasteiger partial charge in [0.05, 0.1) is 25.2 Å². The molecule has 0 bridgehead atoms. The highest BCUT2D eigenvalue weighted by Gasteiger charge is 2.19. The van der Waals surface area contributed by atoms with Gasteiger partial charge in [-0.2, -0.15) is 0 Å². The minimum atomic E-state index is -0.361. The van der Waals surface area contributed by atoms with Gasteiger partial charge in [0.15, 0.2) is 0 Å².